The van der Waals surface area contributed by atoms with Crippen molar-refractivity contribution in [1.82, 2.24) is 10.2 Å². The van der Waals surface area contributed by atoms with Gasteiger partial charge in [-0.15, -0.1) is 0 Å². The van der Waals surface area contributed by atoms with Gasteiger partial charge in [0.1, 0.15) is 6.04 Å². The van der Waals surface area contributed by atoms with Gasteiger partial charge in [-0.1, -0.05) is 6.42 Å². The number of piperidine rings is 2. The first-order valence-electron chi connectivity index (χ1n) is 6.67. The van der Waals surface area contributed by atoms with Crippen LogP contribution in [0.4, 0.5) is 0 Å². The molecule has 2 heterocycles. The number of carbonyl (C=O) groups excluding carboxylic acids is 1. The van der Waals surface area contributed by atoms with Crippen LogP contribution in [0.25, 0.3) is 0 Å². The molecule has 0 aromatic carbocycles. The quantitative estimate of drug-likeness (QED) is 0.752. The summed E-state index contributed by atoms with van der Waals surface area (Å²) >= 11 is 0. The van der Waals surface area contributed by atoms with Crippen molar-refractivity contribution in [3.05, 3.63) is 0 Å². The molecule has 0 spiro atoms. The maximum atomic E-state index is 11.4. The van der Waals surface area contributed by atoms with Gasteiger partial charge in [0.2, 0.25) is 0 Å². The Balaban J connectivity index is 1.89. The molecule has 3 atom stereocenters. The summed E-state index contributed by atoms with van der Waals surface area (Å²) in [5, 5.41) is 3.42. The van der Waals surface area contributed by atoms with Gasteiger partial charge >= 0.3 is 5.97 Å². The average molecular weight is 240 g/mol. The predicted octanol–water partition coefficient (Wildman–Crippen LogP) is 1.15. The van der Waals surface area contributed by atoms with Crippen molar-refractivity contribution in [3.8, 4) is 0 Å². The van der Waals surface area contributed by atoms with E-state index in [9.17, 15) is 4.79 Å². The molecule has 0 aromatic rings. The Hall–Kier alpha value is -0.610. The lowest BCUT2D eigenvalue weighted by atomic mass is 9.82. The van der Waals surface area contributed by atoms with Crippen molar-refractivity contribution < 1.29 is 9.53 Å². The topological polar surface area (TPSA) is 41.6 Å². The fourth-order valence-electron chi connectivity index (χ4n) is 3.35. The van der Waals surface area contributed by atoms with Crippen LogP contribution in [0.3, 0.4) is 0 Å². The van der Waals surface area contributed by atoms with Gasteiger partial charge in [-0.25, -0.2) is 0 Å². The van der Waals surface area contributed by atoms with Crippen molar-refractivity contribution in [2.45, 2.75) is 63.2 Å². The molecule has 2 aliphatic heterocycles. The SMILES string of the molecule is COC(=O)C(C)NC1CC2CCCC(C1)N2C. The summed E-state index contributed by atoms with van der Waals surface area (Å²) in [6.45, 7) is 1.89. The van der Waals surface area contributed by atoms with Crippen LogP contribution >= 0.6 is 0 Å². The van der Waals surface area contributed by atoms with E-state index in [1.165, 1.54) is 26.4 Å². The van der Waals surface area contributed by atoms with Gasteiger partial charge < -0.3 is 15.0 Å². The highest BCUT2D eigenvalue weighted by Gasteiger charge is 2.36. The fraction of sp³-hybridized carbons (Fsp3) is 0.923. The molecule has 3 unspecified atom stereocenters. The summed E-state index contributed by atoms with van der Waals surface area (Å²) in [6, 6.07) is 1.68. The highest BCUT2D eigenvalue weighted by molar-refractivity contribution is 5.75. The van der Waals surface area contributed by atoms with Crippen molar-refractivity contribution in [2.24, 2.45) is 0 Å². The Morgan fingerprint density at radius 1 is 1.35 bits per heavy atom. The third-order valence-corrected chi connectivity index (χ3v) is 4.38. The summed E-state index contributed by atoms with van der Waals surface area (Å²) in [4.78, 5) is 13.9. The first-order valence-corrected chi connectivity index (χ1v) is 6.67. The predicted molar refractivity (Wildman–Crippen MR) is 66.8 cm³/mol. The number of fused-ring (bicyclic) bond motifs is 2. The van der Waals surface area contributed by atoms with E-state index in [0.29, 0.717) is 18.1 Å². The largest absolute Gasteiger partial charge is 0.468 e. The van der Waals surface area contributed by atoms with E-state index in [1.54, 1.807) is 0 Å². The zero-order chi connectivity index (χ0) is 12.4. The molecule has 0 amide bonds. The molecular weight excluding hydrogens is 216 g/mol. The van der Waals surface area contributed by atoms with Crippen molar-refractivity contribution in [3.63, 3.8) is 0 Å². The Morgan fingerprint density at radius 3 is 2.47 bits per heavy atom. The van der Waals surface area contributed by atoms with Gasteiger partial charge in [-0.2, -0.15) is 0 Å². The summed E-state index contributed by atoms with van der Waals surface area (Å²) in [7, 11) is 3.69. The van der Waals surface area contributed by atoms with E-state index in [4.69, 9.17) is 4.74 Å². The molecule has 4 heteroatoms. The number of methoxy groups -OCH3 is 1. The second-order valence-corrected chi connectivity index (χ2v) is 5.48. The summed E-state index contributed by atoms with van der Waals surface area (Å²) in [6.07, 6.45) is 6.29. The highest BCUT2D eigenvalue weighted by atomic mass is 16.5. The van der Waals surface area contributed by atoms with E-state index in [1.807, 2.05) is 6.92 Å². The zero-order valence-corrected chi connectivity index (χ0v) is 11.1. The van der Waals surface area contributed by atoms with Crippen LogP contribution in [0.15, 0.2) is 0 Å². The van der Waals surface area contributed by atoms with E-state index in [0.717, 1.165) is 12.8 Å². The minimum atomic E-state index is -0.186. The van der Waals surface area contributed by atoms with Gasteiger partial charge in [0.15, 0.2) is 0 Å². The van der Waals surface area contributed by atoms with Crippen molar-refractivity contribution in [1.29, 1.82) is 0 Å². The third-order valence-electron chi connectivity index (χ3n) is 4.38. The van der Waals surface area contributed by atoms with Crippen LogP contribution < -0.4 is 5.32 Å². The Labute approximate surface area is 104 Å². The molecule has 0 aromatic heterocycles. The van der Waals surface area contributed by atoms with Crippen LogP contribution in [0, 0.1) is 0 Å². The van der Waals surface area contributed by atoms with Gasteiger partial charge in [-0.05, 0) is 39.7 Å². The number of rotatable bonds is 3. The Kier molecular flexibility index (Phi) is 4.05. The van der Waals surface area contributed by atoms with Crippen LogP contribution in [-0.2, 0) is 9.53 Å². The summed E-state index contributed by atoms with van der Waals surface area (Å²) < 4.78 is 4.76. The number of esters is 1. The molecule has 2 bridgehead atoms. The fourth-order valence-corrected chi connectivity index (χ4v) is 3.35. The first kappa shape index (κ1) is 12.8. The van der Waals surface area contributed by atoms with Gasteiger partial charge in [0, 0.05) is 18.1 Å². The zero-order valence-electron chi connectivity index (χ0n) is 11.1. The number of ether oxygens (including phenoxy) is 1. The lowest BCUT2D eigenvalue weighted by Crippen LogP contribution is -2.56. The van der Waals surface area contributed by atoms with Gasteiger partial charge in [0.25, 0.3) is 0 Å². The van der Waals surface area contributed by atoms with E-state index in [-0.39, 0.29) is 12.0 Å². The number of nitrogens with zero attached hydrogens (tertiary/aromatic N) is 1. The average Bonchev–Trinajstić information content (AvgIpc) is 2.29. The minimum Gasteiger partial charge on any atom is -0.468 e. The van der Waals surface area contributed by atoms with Crippen LogP contribution in [-0.4, -0.2) is 49.2 Å². The smallest absolute Gasteiger partial charge is 0.322 e. The van der Waals surface area contributed by atoms with Crippen LogP contribution in [0.1, 0.15) is 39.0 Å². The molecule has 2 fully saturated rings. The number of hydrogen-bond acceptors (Lipinski definition) is 4. The molecule has 2 rings (SSSR count). The monoisotopic (exact) mass is 240 g/mol. The minimum absolute atomic E-state index is 0.158. The highest BCUT2D eigenvalue weighted by Crippen LogP contribution is 2.32. The molecule has 2 aliphatic rings. The molecule has 4 nitrogen and oxygen atoms in total. The number of hydrogen-bond donors (Lipinski definition) is 1. The maximum absolute atomic E-state index is 11.4. The molecule has 17 heavy (non-hydrogen) atoms. The summed E-state index contributed by atoms with van der Waals surface area (Å²) in [5.41, 5.74) is 0. The molecule has 0 saturated carbocycles. The van der Waals surface area contributed by atoms with Crippen molar-refractivity contribution in [2.75, 3.05) is 14.2 Å². The Morgan fingerprint density at radius 2 is 1.94 bits per heavy atom. The summed E-state index contributed by atoms with van der Waals surface area (Å²) in [5.74, 6) is -0.158. The number of carbonyl (C=O) groups is 1. The second kappa shape index (κ2) is 5.36. The second-order valence-electron chi connectivity index (χ2n) is 5.48. The van der Waals surface area contributed by atoms with Crippen molar-refractivity contribution >= 4 is 5.97 Å². The van der Waals surface area contributed by atoms with E-state index in [2.05, 4.69) is 17.3 Å². The first-order chi connectivity index (χ1) is 8.11. The third kappa shape index (κ3) is 2.80. The van der Waals surface area contributed by atoms with Gasteiger partial charge in [-0.3, -0.25) is 4.79 Å². The molecule has 98 valence electrons. The molecule has 0 radical (unpaired) electrons. The Bertz CT molecular complexity index is 269. The standard InChI is InChI=1S/C13H24N2O2/c1-9(13(16)17-3)14-10-7-11-5-4-6-12(8-10)15(11)2/h9-12,14H,4-8H2,1-3H3. The molecular formula is C13H24N2O2. The number of nitrogens with one attached hydrogen (secondary N) is 1. The lowest BCUT2D eigenvalue weighted by Gasteiger charge is -2.47. The lowest BCUT2D eigenvalue weighted by molar-refractivity contribution is -0.143. The van der Waals surface area contributed by atoms with E-state index >= 15 is 0 Å². The maximum Gasteiger partial charge on any atom is 0.322 e. The van der Waals surface area contributed by atoms with Gasteiger partial charge in [0.05, 0.1) is 7.11 Å². The normalized spacial score (nSPS) is 35.4. The van der Waals surface area contributed by atoms with Crippen LogP contribution in [0.2, 0.25) is 0 Å². The van der Waals surface area contributed by atoms with E-state index < -0.39 is 0 Å². The molecule has 1 N–H and O–H groups in total. The van der Waals surface area contributed by atoms with Crippen LogP contribution in [0.5, 0.6) is 0 Å². The molecule has 0 aliphatic carbocycles. The molecule has 2 saturated heterocycles.